The van der Waals surface area contributed by atoms with Gasteiger partial charge in [-0.05, 0) is 32.9 Å². The molecule has 22 heavy (non-hydrogen) atoms. The molecule has 0 aliphatic rings. The first-order chi connectivity index (χ1) is 10.5. The fourth-order valence-electron chi connectivity index (χ4n) is 2.22. The molecule has 0 aliphatic carbocycles. The highest BCUT2D eigenvalue weighted by Gasteiger charge is 2.13. The van der Waals surface area contributed by atoms with Crippen LogP contribution in [-0.4, -0.2) is 37.3 Å². The first kappa shape index (κ1) is 14.8. The van der Waals surface area contributed by atoms with Crippen LogP contribution >= 0.6 is 11.8 Å². The number of rotatable bonds is 4. The molecule has 0 bridgehead atoms. The van der Waals surface area contributed by atoms with Gasteiger partial charge in [0, 0.05) is 11.4 Å². The monoisotopic (exact) mass is 315 g/mol. The molecule has 114 valence electrons. The van der Waals surface area contributed by atoms with Crippen molar-refractivity contribution in [3.8, 4) is 0 Å². The summed E-state index contributed by atoms with van der Waals surface area (Å²) in [4.78, 5) is 20.9. The van der Waals surface area contributed by atoms with Crippen molar-refractivity contribution in [3.05, 3.63) is 30.1 Å². The molecule has 0 saturated heterocycles. The van der Waals surface area contributed by atoms with Crippen molar-refractivity contribution in [2.24, 2.45) is 0 Å². The number of nitrogens with zero attached hydrogens (tertiary/aromatic N) is 4. The van der Waals surface area contributed by atoms with Gasteiger partial charge in [-0.25, -0.2) is 9.97 Å². The summed E-state index contributed by atoms with van der Waals surface area (Å²) >= 11 is 1.37. The highest BCUT2D eigenvalue weighted by atomic mass is 32.2. The molecular weight excluding hydrogens is 298 g/mol. The summed E-state index contributed by atoms with van der Waals surface area (Å²) in [5.74, 6) is 0.976. The standard InChI is InChI=1S/C15H17N5OS/c1-9(2)16-13(21)8-22-15-18-12-7-5-4-6-11(12)14-17-10(3)19-20(14)15/h4-7,9H,8H2,1-3H3,(H,16,21). The van der Waals surface area contributed by atoms with Crippen molar-refractivity contribution < 1.29 is 4.79 Å². The van der Waals surface area contributed by atoms with Crippen molar-refractivity contribution in [3.63, 3.8) is 0 Å². The van der Waals surface area contributed by atoms with Gasteiger partial charge in [-0.2, -0.15) is 4.52 Å². The molecule has 3 rings (SSSR count). The Hall–Kier alpha value is -2.15. The highest BCUT2D eigenvalue weighted by molar-refractivity contribution is 7.99. The second kappa shape index (κ2) is 5.92. The molecular formula is C15H17N5OS. The largest absolute Gasteiger partial charge is 0.353 e. The lowest BCUT2D eigenvalue weighted by Crippen LogP contribution is -2.31. The maximum absolute atomic E-state index is 11.8. The Kier molecular flexibility index (Phi) is 3.98. The van der Waals surface area contributed by atoms with Gasteiger partial charge in [-0.3, -0.25) is 4.79 Å². The lowest BCUT2D eigenvalue weighted by molar-refractivity contribution is -0.119. The first-order valence-electron chi connectivity index (χ1n) is 7.09. The van der Waals surface area contributed by atoms with Crippen LogP contribution in [0.4, 0.5) is 0 Å². The molecule has 0 saturated carbocycles. The van der Waals surface area contributed by atoms with Crippen LogP contribution in [0.2, 0.25) is 0 Å². The normalized spacial score (nSPS) is 11.5. The summed E-state index contributed by atoms with van der Waals surface area (Å²) in [5, 5.41) is 8.89. The number of carbonyl (C=O) groups excluding carboxylic acids is 1. The number of nitrogens with one attached hydrogen (secondary N) is 1. The number of para-hydroxylation sites is 1. The number of amides is 1. The molecule has 0 aliphatic heterocycles. The van der Waals surface area contributed by atoms with Crippen LogP contribution in [0.5, 0.6) is 0 Å². The van der Waals surface area contributed by atoms with Gasteiger partial charge in [0.15, 0.2) is 10.8 Å². The minimum absolute atomic E-state index is 0.0139. The highest BCUT2D eigenvalue weighted by Crippen LogP contribution is 2.23. The number of carbonyl (C=O) groups is 1. The Morgan fingerprint density at radius 1 is 1.32 bits per heavy atom. The lowest BCUT2D eigenvalue weighted by atomic mass is 10.2. The van der Waals surface area contributed by atoms with Crippen LogP contribution in [0, 0.1) is 6.92 Å². The molecule has 2 aromatic heterocycles. The number of hydrogen-bond donors (Lipinski definition) is 1. The van der Waals surface area contributed by atoms with E-state index >= 15 is 0 Å². The Labute approximate surface area is 132 Å². The van der Waals surface area contributed by atoms with Crippen molar-refractivity contribution in [2.45, 2.75) is 32.0 Å². The van der Waals surface area contributed by atoms with E-state index in [1.165, 1.54) is 11.8 Å². The molecule has 7 heteroatoms. The fourth-order valence-corrected chi connectivity index (χ4v) is 2.98. The third-order valence-electron chi connectivity index (χ3n) is 3.04. The lowest BCUT2D eigenvalue weighted by Gasteiger charge is -2.08. The molecule has 3 aromatic rings. The van der Waals surface area contributed by atoms with Crippen LogP contribution in [0.3, 0.4) is 0 Å². The number of thioether (sulfide) groups is 1. The second-order valence-electron chi connectivity index (χ2n) is 5.32. The third-order valence-corrected chi connectivity index (χ3v) is 3.97. The van der Waals surface area contributed by atoms with Crippen LogP contribution in [0.1, 0.15) is 19.7 Å². The summed E-state index contributed by atoms with van der Waals surface area (Å²) in [5.41, 5.74) is 1.63. The Balaban J connectivity index is 1.99. The average Bonchev–Trinajstić information content (AvgIpc) is 2.86. The van der Waals surface area contributed by atoms with Gasteiger partial charge in [0.1, 0.15) is 5.82 Å². The minimum Gasteiger partial charge on any atom is -0.353 e. The summed E-state index contributed by atoms with van der Waals surface area (Å²) in [6, 6.07) is 7.95. The molecule has 6 nitrogen and oxygen atoms in total. The van der Waals surface area contributed by atoms with Crippen molar-refractivity contribution in [2.75, 3.05) is 5.75 Å². The van der Waals surface area contributed by atoms with Crippen molar-refractivity contribution in [1.82, 2.24) is 24.9 Å². The fraction of sp³-hybridized carbons (Fsp3) is 0.333. The van der Waals surface area contributed by atoms with Crippen LogP contribution < -0.4 is 5.32 Å². The van der Waals surface area contributed by atoms with Gasteiger partial charge >= 0.3 is 0 Å². The van der Waals surface area contributed by atoms with E-state index in [1.54, 1.807) is 4.52 Å². The van der Waals surface area contributed by atoms with E-state index in [-0.39, 0.29) is 11.9 Å². The molecule has 0 fully saturated rings. The van der Waals surface area contributed by atoms with E-state index in [4.69, 9.17) is 0 Å². The molecule has 1 aromatic carbocycles. The molecule has 0 atom stereocenters. The summed E-state index contributed by atoms with van der Waals surface area (Å²) < 4.78 is 1.71. The van der Waals surface area contributed by atoms with Crippen molar-refractivity contribution in [1.29, 1.82) is 0 Å². The number of fused-ring (bicyclic) bond motifs is 3. The zero-order chi connectivity index (χ0) is 15.7. The molecule has 1 N–H and O–H groups in total. The van der Waals surface area contributed by atoms with E-state index in [0.717, 1.165) is 16.6 Å². The van der Waals surface area contributed by atoms with E-state index in [2.05, 4.69) is 20.4 Å². The number of aromatic nitrogens is 4. The smallest absolute Gasteiger partial charge is 0.230 e. The molecule has 0 spiro atoms. The van der Waals surface area contributed by atoms with Crippen LogP contribution in [-0.2, 0) is 4.79 Å². The van der Waals surface area contributed by atoms with Gasteiger partial charge in [0.05, 0.1) is 11.3 Å². The van der Waals surface area contributed by atoms with E-state index < -0.39 is 0 Å². The number of benzene rings is 1. The molecule has 0 unspecified atom stereocenters. The zero-order valence-electron chi connectivity index (χ0n) is 12.7. The third kappa shape index (κ3) is 2.89. The summed E-state index contributed by atoms with van der Waals surface area (Å²) in [7, 11) is 0. The summed E-state index contributed by atoms with van der Waals surface area (Å²) in [6.45, 7) is 5.73. The van der Waals surface area contributed by atoms with Gasteiger partial charge < -0.3 is 5.32 Å². The Morgan fingerprint density at radius 2 is 2.09 bits per heavy atom. The maximum atomic E-state index is 11.8. The van der Waals surface area contributed by atoms with Crippen LogP contribution in [0.15, 0.2) is 29.4 Å². The average molecular weight is 315 g/mol. The van der Waals surface area contributed by atoms with E-state index in [9.17, 15) is 4.79 Å². The van der Waals surface area contributed by atoms with Crippen molar-refractivity contribution >= 4 is 34.2 Å². The number of aryl methyl sites for hydroxylation is 1. The molecule has 1 amide bonds. The van der Waals surface area contributed by atoms with Crippen LogP contribution in [0.25, 0.3) is 16.6 Å². The minimum atomic E-state index is -0.0139. The van der Waals surface area contributed by atoms with Gasteiger partial charge in [0.2, 0.25) is 5.91 Å². The van der Waals surface area contributed by atoms with Gasteiger partial charge in [0.25, 0.3) is 0 Å². The molecule has 0 radical (unpaired) electrons. The van der Waals surface area contributed by atoms with E-state index in [0.29, 0.717) is 16.7 Å². The van der Waals surface area contributed by atoms with E-state index in [1.807, 2.05) is 45.0 Å². The Morgan fingerprint density at radius 3 is 2.86 bits per heavy atom. The quantitative estimate of drug-likeness (QED) is 0.590. The summed E-state index contributed by atoms with van der Waals surface area (Å²) in [6.07, 6.45) is 0. The Bertz CT molecular complexity index is 842. The second-order valence-corrected chi connectivity index (χ2v) is 6.26. The van der Waals surface area contributed by atoms with Gasteiger partial charge in [-0.1, -0.05) is 23.9 Å². The predicted molar refractivity (Wildman–Crippen MR) is 87.0 cm³/mol. The number of hydrogen-bond acceptors (Lipinski definition) is 5. The molecule has 2 heterocycles. The SMILES string of the molecule is Cc1nc2c3ccccc3nc(SCC(=O)NC(C)C)n2n1. The van der Waals surface area contributed by atoms with Gasteiger partial charge in [-0.15, -0.1) is 5.10 Å². The maximum Gasteiger partial charge on any atom is 0.230 e. The first-order valence-corrected chi connectivity index (χ1v) is 8.07. The topological polar surface area (TPSA) is 72.2 Å². The zero-order valence-corrected chi connectivity index (χ0v) is 13.5. The predicted octanol–water partition coefficient (Wildman–Crippen LogP) is 2.20.